The van der Waals surface area contributed by atoms with Gasteiger partial charge in [-0.05, 0) is 54.3 Å². The number of aryl methyl sites for hydroxylation is 1. The van der Waals surface area contributed by atoms with Crippen molar-refractivity contribution in [2.24, 2.45) is 0 Å². The molecule has 5 heteroatoms. The monoisotopic (exact) mass is 396 g/mol. The zero-order valence-corrected chi connectivity index (χ0v) is 17.0. The standard InChI is InChI=1S/C23H25ClN2O2/c1-3-27-22-12-20(15-26-14-18-8-10-25-11-9-18)21(24)13-23(22)28-16-19-7-5-4-6-17(19)2/h4-13,26H,3,14-16H2,1-2H3. The predicted octanol–water partition coefficient (Wildman–Crippen LogP) is 5.31. The highest BCUT2D eigenvalue weighted by atomic mass is 35.5. The van der Waals surface area contributed by atoms with Crippen molar-refractivity contribution < 1.29 is 9.47 Å². The van der Waals surface area contributed by atoms with E-state index in [1.54, 1.807) is 12.4 Å². The van der Waals surface area contributed by atoms with E-state index in [2.05, 4.69) is 29.4 Å². The molecule has 146 valence electrons. The molecule has 28 heavy (non-hydrogen) atoms. The van der Waals surface area contributed by atoms with Gasteiger partial charge in [0.1, 0.15) is 6.61 Å². The third-order valence-corrected chi connectivity index (χ3v) is 4.80. The van der Waals surface area contributed by atoms with Crippen molar-refractivity contribution in [3.05, 3.63) is 88.2 Å². The molecule has 0 fully saturated rings. The van der Waals surface area contributed by atoms with E-state index in [-0.39, 0.29) is 0 Å². The number of halogens is 1. The van der Waals surface area contributed by atoms with E-state index in [0.717, 1.165) is 17.7 Å². The summed E-state index contributed by atoms with van der Waals surface area (Å²) in [4.78, 5) is 4.03. The second kappa shape index (κ2) is 10.1. The molecule has 1 aromatic heterocycles. The fourth-order valence-electron chi connectivity index (χ4n) is 2.86. The van der Waals surface area contributed by atoms with Gasteiger partial charge >= 0.3 is 0 Å². The molecule has 0 saturated carbocycles. The molecule has 1 N–H and O–H groups in total. The van der Waals surface area contributed by atoms with Gasteiger partial charge in [0.05, 0.1) is 6.61 Å². The van der Waals surface area contributed by atoms with Crippen LogP contribution in [0.15, 0.2) is 60.9 Å². The van der Waals surface area contributed by atoms with Gasteiger partial charge < -0.3 is 14.8 Å². The first-order valence-electron chi connectivity index (χ1n) is 9.39. The molecule has 0 bridgehead atoms. The van der Waals surface area contributed by atoms with E-state index in [1.165, 1.54) is 11.1 Å². The van der Waals surface area contributed by atoms with Gasteiger partial charge in [-0.15, -0.1) is 0 Å². The third-order valence-electron chi connectivity index (χ3n) is 4.45. The van der Waals surface area contributed by atoms with Crippen LogP contribution >= 0.6 is 11.6 Å². The Morgan fingerprint density at radius 2 is 1.68 bits per heavy atom. The van der Waals surface area contributed by atoms with Crippen molar-refractivity contribution in [2.45, 2.75) is 33.5 Å². The summed E-state index contributed by atoms with van der Waals surface area (Å²) in [6.45, 7) is 6.45. The summed E-state index contributed by atoms with van der Waals surface area (Å²) in [5.74, 6) is 1.37. The molecule has 0 spiro atoms. The van der Waals surface area contributed by atoms with E-state index in [0.29, 0.717) is 36.3 Å². The summed E-state index contributed by atoms with van der Waals surface area (Å²) in [6.07, 6.45) is 3.58. The maximum absolute atomic E-state index is 6.51. The van der Waals surface area contributed by atoms with Crippen LogP contribution in [0.1, 0.15) is 29.2 Å². The van der Waals surface area contributed by atoms with E-state index in [9.17, 15) is 0 Å². The Hall–Kier alpha value is -2.56. The van der Waals surface area contributed by atoms with E-state index in [4.69, 9.17) is 21.1 Å². The van der Waals surface area contributed by atoms with E-state index in [1.807, 2.05) is 43.3 Å². The number of benzene rings is 2. The molecular weight excluding hydrogens is 372 g/mol. The number of hydrogen-bond acceptors (Lipinski definition) is 4. The first kappa shape index (κ1) is 20.2. The minimum absolute atomic E-state index is 0.475. The van der Waals surface area contributed by atoms with Gasteiger partial charge in [0.2, 0.25) is 0 Å². The highest BCUT2D eigenvalue weighted by Gasteiger charge is 2.12. The van der Waals surface area contributed by atoms with Crippen LogP contribution in [0.2, 0.25) is 5.02 Å². The maximum atomic E-state index is 6.51. The molecule has 2 aromatic carbocycles. The summed E-state index contributed by atoms with van der Waals surface area (Å²) < 4.78 is 11.8. The lowest BCUT2D eigenvalue weighted by Gasteiger charge is -2.16. The highest BCUT2D eigenvalue weighted by Crippen LogP contribution is 2.34. The number of nitrogens with zero attached hydrogens (tertiary/aromatic N) is 1. The average Bonchev–Trinajstić information content (AvgIpc) is 2.71. The van der Waals surface area contributed by atoms with Crippen LogP contribution < -0.4 is 14.8 Å². The van der Waals surface area contributed by atoms with Crippen molar-refractivity contribution in [3.63, 3.8) is 0 Å². The molecule has 0 atom stereocenters. The maximum Gasteiger partial charge on any atom is 0.163 e. The topological polar surface area (TPSA) is 43.4 Å². The number of aromatic nitrogens is 1. The summed E-state index contributed by atoms with van der Waals surface area (Å²) in [5.41, 5.74) is 4.49. The zero-order chi connectivity index (χ0) is 19.8. The van der Waals surface area contributed by atoms with Gasteiger partial charge in [-0.25, -0.2) is 0 Å². The summed E-state index contributed by atoms with van der Waals surface area (Å²) in [7, 11) is 0. The Kier molecular flexibility index (Phi) is 7.29. The molecule has 0 saturated heterocycles. The van der Waals surface area contributed by atoms with Crippen LogP contribution in [0.5, 0.6) is 11.5 Å². The molecular formula is C23H25ClN2O2. The van der Waals surface area contributed by atoms with Gasteiger partial charge in [-0.3, -0.25) is 4.98 Å². The summed E-state index contributed by atoms with van der Waals surface area (Å²) in [6, 6.07) is 16.0. The van der Waals surface area contributed by atoms with Gasteiger partial charge in [0.25, 0.3) is 0 Å². The third kappa shape index (κ3) is 5.47. The average molecular weight is 397 g/mol. The Morgan fingerprint density at radius 1 is 0.929 bits per heavy atom. The quantitative estimate of drug-likeness (QED) is 0.532. The minimum Gasteiger partial charge on any atom is -0.490 e. The van der Waals surface area contributed by atoms with Crippen molar-refractivity contribution in [3.8, 4) is 11.5 Å². The number of nitrogens with one attached hydrogen (secondary N) is 1. The molecule has 4 nitrogen and oxygen atoms in total. The minimum atomic E-state index is 0.475. The van der Waals surface area contributed by atoms with Crippen molar-refractivity contribution in [1.29, 1.82) is 0 Å². The molecule has 0 radical (unpaired) electrons. The fourth-order valence-corrected chi connectivity index (χ4v) is 3.08. The van der Waals surface area contributed by atoms with Gasteiger partial charge in [0, 0.05) is 36.6 Å². The number of pyridine rings is 1. The Balaban J connectivity index is 1.69. The second-order valence-electron chi connectivity index (χ2n) is 6.50. The van der Waals surface area contributed by atoms with Gasteiger partial charge in [0.15, 0.2) is 11.5 Å². The normalized spacial score (nSPS) is 10.7. The smallest absolute Gasteiger partial charge is 0.163 e. The molecule has 0 aliphatic rings. The van der Waals surface area contributed by atoms with Crippen LogP contribution in [0.4, 0.5) is 0 Å². The molecule has 0 aliphatic carbocycles. The van der Waals surface area contributed by atoms with Crippen LogP contribution in [0, 0.1) is 6.92 Å². The first-order chi connectivity index (χ1) is 13.7. The number of ether oxygens (including phenoxy) is 2. The fraction of sp³-hybridized carbons (Fsp3) is 0.261. The molecule has 3 rings (SSSR count). The zero-order valence-electron chi connectivity index (χ0n) is 16.2. The Bertz CT molecular complexity index is 900. The largest absolute Gasteiger partial charge is 0.490 e. The molecule has 3 aromatic rings. The van der Waals surface area contributed by atoms with Crippen molar-refractivity contribution in [2.75, 3.05) is 6.61 Å². The second-order valence-corrected chi connectivity index (χ2v) is 6.90. The predicted molar refractivity (Wildman–Crippen MR) is 113 cm³/mol. The summed E-state index contributed by atoms with van der Waals surface area (Å²) in [5, 5.41) is 4.06. The van der Waals surface area contributed by atoms with Crippen LogP contribution in [0.3, 0.4) is 0 Å². The molecule has 1 heterocycles. The lowest BCUT2D eigenvalue weighted by Crippen LogP contribution is -2.13. The van der Waals surface area contributed by atoms with Crippen LogP contribution in [0.25, 0.3) is 0 Å². The van der Waals surface area contributed by atoms with E-state index < -0.39 is 0 Å². The molecule has 0 unspecified atom stereocenters. The lowest BCUT2D eigenvalue weighted by atomic mass is 10.1. The Morgan fingerprint density at radius 3 is 2.43 bits per heavy atom. The lowest BCUT2D eigenvalue weighted by molar-refractivity contribution is 0.268. The van der Waals surface area contributed by atoms with Gasteiger partial charge in [-0.1, -0.05) is 35.9 Å². The Labute approximate surface area is 171 Å². The van der Waals surface area contributed by atoms with Crippen molar-refractivity contribution in [1.82, 2.24) is 10.3 Å². The number of hydrogen-bond donors (Lipinski definition) is 1. The summed E-state index contributed by atoms with van der Waals surface area (Å²) >= 11 is 6.51. The van der Waals surface area contributed by atoms with Crippen molar-refractivity contribution >= 4 is 11.6 Å². The van der Waals surface area contributed by atoms with Crippen LogP contribution in [-0.2, 0) is 19.7 Å². The first-order valence-corrected chi connectivity index (χ1v) is 9.77. The SMILES string of the molecule is CCOc1cc(CNCc2ccncc2)c(Cl)cc1OCc1ccccc1C. The highest BCUT2D eigenvalue weighted by molar-refractivity contribution is 6.31. The van der Waals surface area contributed by atoms with Crippen LogP contribution in [-0.4, -0.2) is 11.6 Å². The molecule has 0 amide bonds. The van der Waals surface area contributed by atoms with E-state index >= 15 is 0 Å². The molecule has 0 aliphatic heterocycles. The van der Waals surface area contributed by atoms with Gasteiger partial charge in [-0.2, -0.15) is 0 Å². The number of rotatable bonds is 9.